The summed E-state index contributed by atoms with van der Waals surface area (Å²) in [7, 11) is 3.74. The molecule has 2 amide bonds. The zero-order chi connectivity index (χ0) is 19.3. The molecular formula is C16H17F3N4O2S. The Labute approximate surface area is 152 Å². The largest absolute Gasteiger partial charge is 0.416 e. The molecule has 6 nitrogen and oxygen atoms in total. The maximum atomic E-state index is 12.7. The van der Waals surface area contributed by atoms with Gasteiger partial charge in [0.25, 0.3) is 11.8 Å². The normalized spacial score (nSPS) is 11.5. The first-order valence-corrected chi connectivity index (χ1v) is 8.42. The average Bonchev–Trinajstić information content (AvgIpc) is 3.02. The molecule has 0 unspecified atom stereocenters. The third-order valence-corrected chi connectivity index (χ3v) is 4.01. The lowest BCUT2D eigenvalue weighted by Crippen LogP contribution is -2.31. The lowest BCUT2D eigenvalue weighted by atomic mass is 10.1. The molecule has 0 radical (unpaired) electrons. The highest BCUT2D eigenvalue weighted by Gasteiger charge is 2.31. The summed E-state index contributed by atoms with van der Waals surface area (Å²) in [5.41, 5.74) is -0.926. The van der Waals surface area contributed by atoms with Crippen molar-refractivity contribution in [3.05, 3.63) is 46.5 Å². The molecule has 2 aromatic rings. The molecule has 10 heteroatoms. The van der Waals surface area contributed by atoms with E-state index in [-0.39, 0.29) is 22.3 Å². The standard InChI is InChI=1S/C16H17F3N4O2S/c1-23(2)7-6-20-14(25)12-9-26-15(21-12)22-13(24)10-4-3-5-11(8-10)16(17,18)19/h3-5,8-9H,6-7H2,1-2H3,(H,20,25)(H,21,22,24). The summed E-state index contributed by atoms with van der Waals surface area (Å²) in [4.78, 5) is 29.9. The Hall–Kier alpha value is -2.46. The number of nitrogens with one attached hydrogen (secondary N) is 2. The Morgan fingerprint density at radius 2 is 1.96 bits per heavy atom. The summed E-state index contributed by atoms with van der Waals surface area (Å²) < 4.78 is 38.1. The van der Waals surface area contributed by atoms with Gasteiger partial charge in [-0.1, -0.05) is 6.07 Å². The van der Waals surface area contributed by atoms with Crippen LogP contribution in [0, 0.1) is 0 Å². The molecule has 0 atom stereocenters. The highest BCUT2D eigenvalue weighted by Crippen LogP contribution is 2.29. The SMILES string of the molecule is CN(C)CCNC(=O)c1csc(NC(=O)c2cccc(C(F)(F)F)c2)n1. The molecule has 26 heavy (non-hydrogen) atoms. The van der Waals surface area contributed by atoms with Gasteiger partial charge in [-0.25, -0.2) is 4.98 Å². The number of hydrogen-bond acceptors (Lipinski definition) is 5. The molecule has 0 aliphatic heterocycles. The molecule has 0 bridgehead atoms. The number of likely N-dealkylation sites (N-methyl/N-ethyl adjacent to an activating group) is 1. The number of benzene rings is 1. The van der Waals surface area contributed by atoms with Crippen LogP contribution in [-0.2, 0) is 6.18 Å². The van der Waals surface area contributed by atoms with E-state index in [2.05, 4.69) is 15.6 Å². The molecule has 140 valence electrons. The van der Waals surface area contributed by atoms with Gasteiger partial charge in [-0.2, -0.15) is 13.2 Å². The van der Waals surface area contributed by atoms with Crippen molar-refractivity contribution in [2.75, 3.05) is 32.5 Å². The third kappa shape index (κ3) is 5.53. The Balaban J connectivity index is 2.00. The van der Waals surface area contributed by atoms with Crippen LogP contribution in [0.15, 0.2) is 29.6 Å². The Kier molecular flexibility index (Phi) is 6.32. The third-order valence-electron chi connectivity index (χ3n) is 3.25. The fraction of sp³-hybridized carbons (Fsp3) is 0.312. The van der Waals surface area contributed by atoms with E-state index in [1.54, 1.807) is 0 Å². The average molecular weight is 386 g/mol. The van der Waals surface area contributed by atoms with Gasteiger partial charge in [0.05, 0.1) is 5.56 Å². The van der Waals surface area contributed by atoms with Crippen molar-refractivity contribution in [1.82, 2.24) is 15.2 Å². The van der Waals surface area contributed by atoms with E-state index >= 15 is 0 Å². The Morgan fingerprint density at radius 3 is 2.62 bits per heavy atom. The van der Waals surface area contributed by atoms with Crippen LogP contribution >= 0.6 is 11.3 Å². The zero-order valence-electron chi connectivity index (χ0n) is 14.1. The van der Waals surface area contributed by atoms with Crippen LogP contribution in [0.4, 0.5) is 18.3 Å². The lowest BCUT2D eigenvalue weighted by molar-refractivity contribution is -0.137. The van der Waals surface area contributed by atoms with E-state index in [0.29, 0.717) is 13.1 Å². The number of nitrogens with zero attached hydrogens (tertiary/aromatic N) is 2. The first-order chi connectivity index (χ1) is 12.2. The monoisotopic (exact) mass is 386 g/mol. The van der Waals surface area contributed by atoms with E-state index in [1.807, 2.05) is 19.0 Å². The summed E-state index contributed by atoms with van der Waals surface area (Å²) in [5.74, 6) is -1.12. The van der Waals surface area contributed by atoms with Crippen LogP contribution in [0.25, 0.3) is 0 Å². The second kappa shape index (κ2) is 8.28. The number of thiazole rings is 1. The second-order valence-corrected chi connectivity index (χ2v) is 6.49. The molecule has 1 heterocycles. The predicted octanol–water partition coefficient (Wildman–Crippen LogP) is 2.71. The zero-order valence-corrected chi connectivity index (χ0v) is 14.9. The molecule has 0 fully saturated rings. The number of carbonyl (C=O) groups excluding carboxylic acids is 2. The minimum Gasteiger partial charge on any atom is -0.349 e. The molecule has 1 aromatic heterocycles. The minimum absolute atomic E-state index is 0.130. The highest BCUT2D eigenvalue weighted by molar-refractivity contribution is 7.14. The van der Waals surface area contributed by atoms with Crippen molar-refractivity contribution < 1.29 is 22.8 Å². The van der Waals surface area contributed by atoms with E-state index in [4.69, 9.17) is 0 Å². The lowest BCUT2D eigenvalue weighted by Gasteiger charge is -2.09. The number of rotatable bonds is 6. The second-order valence-electron chi connectivity index (χ2n) is 5.63. The quantitative estimate of drug-likeness (QED) is 0.801. The maximum Gasteiger partial charge on any atom is 0.416 e. The molecule has 1 aromatic carbocycles. The van der Waals surface area contributed by atoms with E-state index in [0.717, 1.165) is 29.5 Å². The number of hydrogen-bond donors (Lipinski definition) is 2. The molecule has 2 N–H and O–H groups in total. The van der Waals surface area contributed by atoms with Crippen LogP contribution < -0.4 is 10.6 Å². The first-order valence-electron chi connectivity index (χ1n) is 7.54. The highest BCUT2D eigenvalue weighted by atomic mass is 32.1. The van der Waals surface area contributed by atoms with Gasteiger partial charge in [-0.3, -0.25) is 14.9 Å². The molecular weight excluding hydrogens is 369 g/mol. The predicted molar refractivity (Wildman–Crippen MR) is 92.4 cm³/mol. The fourth-order valence-corrected chi connectivity index (χ4v) is 2.61. The number of amides is 2. The van der Waals surface area contributed by atoms with Gasteiger partial charge in [0.15, 0.2) is 5.13 Å². The molecule has 2 rings (SSSR count). The van der Waals surface area contributed by atoms with Gasteiger partial charge in [-0.15, -0.1) is 11.3 Å². The number of halogens is 3. The van der Waals surface area contributed by atoms with Crippen molar-refractivity contribution in [2.24, 2.45) is 0 Å². The fourth-order valence-electron chi connectivity index (χ4n) is 1.93. The molecule has 0 saturated heterocycles. The van der Waals surface area contributed by atoms with Crippen molar-refractivity contribution >= 4 is 28.3 Å². The Bertz CT molecular complexity index is 790. The summed E-state index contributed by atoms with van der Waals surface area (Å²) in [5, 5.41) is 6.67. The van der Waals surface area contributed by atoms with Crippen molar-refractivity contribution in [3.63, 3.8) is 0 Å². The number of aromatic nitrogens is 1. The van der Waals surface area contributed by atoms with Crippen LogP contribution in [-0.4, -0.2) is 48.9 Å². The van der Waals surface area contributed by atoms with Gasteiger partial charge in [-0.05, 0) is 32.3 Å². The first kappa shape index (κ1) is 19.9. The van der Waals surface area contributed by atoms with E-state index < -0.39 is 17.6 Å². The van der Waals surface area contributed by atoms with Crippen molar-refractivity contribution in [2.45, 2.75) is 6.18 Å². The van der Waals surface area contributed by atoms with Crippen molar-refractivity contribution in [3.8, 4) is 0 Å². The van der Waals surface area contributed by atoms with Crippen LogP contribution in [0.3, 0.4) is 0 Å². The number of anilines is 1. The molecule has 0 saturated carbocycles. The minimum atomic E-state index is -4.53. The van der Waals surface area contributed by atoms with E-state index in [9.17, 15) is 22.8 Å². The van der Waals surface area contributed by atoms with Crippen molar-refractivity contribution in [1.29, 1.82) is 0 Å². The summed E-state index contributed by atoms with van der Waals surface area (Å²) >= 11 is 1.01. The van der Waals surface area contributed by atoms with Gasteiger partial charge in [0.2, 0.25) is 0 Å². The van der Waals surface area contributed by atoms with Gasteiger partial charge < -0.3 is 10.2 Å². The van der Waals surface area contributed by atoms with Gasteiger partial charge in [0.1, 0.15) is 5.69 Å². The smallest absolute Gasteiger partial charge is 0.349 e. The van der Waals surface area contributed by atoms with Gasteiger partial charge in [0, 0.05) is 24.0 Å². The number of alkyl halides is 3. The summed E-state index contributed by atoms with van der Waals surface area (Å²) in [6, 6.07) is 4.07. The van der Waals surface area contributed by atoms with E-state index in [1.165, 1.54) is 11.4 Å². The van der Waals surface area contributed by atoms with Crippen LogP contribution in [0.2, 0.25) is 0 Å². The molecule has 0 aliphatic carbocycles. The van der Waals surface area contributed by atoms with Gasteiger partial charge >= 0.3 is 6.18 Å². The van der Waals surface area contributed by atoms with Crippen LogP contribution in [0.1, 0.15) is 26.4 Å². The molecule has 0 spiro atoms. The molecule has 0 aliphatic rings. The van der Waals surface area contributed by atoms with Crippen LogP contribution in [0.5, 0.6) is 0 Å². The number of carbonyl (C=O) groups is 2. The summed E-state index contributed by atoms with van der Waals surface area (Å²) in [6.45, 7) is 1.10. The topological polar surface area (TPSA) is 74.3 Å². The summed E-state index contributed by atoms with van der Waals surface area (Å²) in [6.07, 6.45) is -4.53. The Morgan fingerprint density at radius 1 is 1.23 bits per heavy atom. The maximum absolute atomic E-state index is 12.7.